The van der Waals surface area contributed by atoms with Gasteiger partial charge in [-0.1, -0.05) is 25.3 Å². The Labute approximate surface area is 200 Å². The summed E-state index contributed by atoms with van der Waals surface area (Å²) in [5, 5.41) is -1.41. The van der Waals surface area contributed by atoms with Gasteiger partial charge < -0.3 is 23.7 Å². The summed E-state index contributed by atoms with van der Waals surface area (Å²) in [5.74, 6) is 0.958. The molecule has 1 radical (unpaired) electrons. The van der Waals surface area contributed by atoms with E-state index in [9.17, 15) is 14.2 Å². The lowest BCUT2D eigenvalue weighted by molar-refractivity contribution is 0.0896. The van der Waals surface area contributed by atoms with Crippen LogP contribution < -0.4 is 23.7 Å². The van der Waals surface area contributed by atoms with Crippen molar-refractivity contribution in [3.05, 3.63) is 41.5 Å². The van der Waals surface area contributed by atoms with E-state index in [4.69, 9.17) is 23.7 Å². The second-order valence-electron chi connectivity index (χ2n) is 7.97. The molecule has 183 valence electrons. The van der Waals surface area contributed by atoms with Crippen molar-refractivity contribution in [2.24, 2.45) is 0 Å². The molecule has 0 N–H and O–H groups in total. The number of rotatable bonds is 10. The third-order valence-corrected chi connectivity index (χ3v) is 8.28. The average Bonchev–Trinajstić information content (AvgIpc) is 2.90. The van der Waals surface area contributed by atoms with Crippen LogP contribution in [0.3, 0.4) is 0 Å². The molecule has 0 aliphatic heterocycles. The van der Waals surface area contributed by atoms with Crippen molar-refractivity contribution in [3.8, 4) is 28.7 Å². The van der Waals surface area contributed by atoms with Gasteiger partial charge in [-0.2, -0.15) is 0 Å². The summed E-state index contributed by atoms with van der Waals surface area (Å²) in [6.45, 7) is 0. The number of Topliss-reactive ketones (excluding diaryl/α,β-unsaturated/α-hetero) is 1. The maximum atomic E-state index is 14.2. The number of carbonyl (C=O) groups excluding carboxylic acids is 2. The van der Waals surface area contributed by atoms with Crippen LogP contribution in [0.5, 0.6) is 28.7 Å². The molecule has 2 aromatic rings. The van der Waals surface area contributed by atoms with Crippen LogP contribution in [0.25, 0.3) is 0 Å². The molecule has 0 bridgehead atoms. The first kappa shape index (κ1) is 25.5. The number of hydrogen-bond acceptors (Lipinski definition) is 8. The third-order valence-electron chi connectivity index (χ3n) is 6.26. The normalized spacial score (nSPS) is 15.1. The lowest BCUT2D eigenvalue weighted by Crippen LogP contribution is -2.39. The Morgan fingerprint density at radius 1 is 0.735 bits per heavy atom. The Kier molecular flexibility index (Phi) is 8.15. The van der Waals surface area contributed by atoms with E-state index in [-0.39, 0.29) is 34.1 Å². The van der Waals surface area contributed by atoms with Crippen molar-refractivity contribution in [3.63, 3.8) is 0 Å². The van der Waals surface area contributed by atoms with Crippen LogP contribution in [0.1, 0.15) is 52.8 Å². The third kappa shape index (κ3) is 4.47. The van der Waals surface area contributed by atoms with Crippen molar-refractivity contribution in [2.75, 3.05) is 35.5 Å². The van der Waals surface area contributed by atoms with Gasteiger partial charge >= 0.3 is 0 Å². The maximum absolute atomic E-state index is 14.2. The van der Waals surface area contributed by atoms with Gasteiger partial charge in [-0.05, 0) is 25.0 Å². The topological polar surface area (TPSA) is 97.4 Å². The highest BCUT2D eigenvalue weighted by Gasteiger charge is 2.51. The van der Waals surface area contributed by atoms with Crippen LogP contribution >= 0.6 is 7.80 Å². The Bertz CT molecular complexity index is 1040. The summed E-state index contributed by atoms with van der Waals surface area (Å²) < 4.78 is 41.0. The summed E-state index contributed by atoms with van der Waals surface area (Å²) in [5.41, 5.74) is -0.457. The van der Waals surface area contributed by atoms with E-state index in [2.05, 4.69) is 0 Å². The number of ether oxygens (including phenoxy) is 5. The van der Waals surface area contributed by atoms with E-state index in [1.807, 2.05) is 0 Å². The quantitative estimate of drug-likeness (QED) is 0.328. The van der Waals surface area contributed by atoms with E-state index >= 15 is 0 Å². The lowest BCUT2D eigenvalue weighted by atomic mass is 9.82. The van der Waals surface area contributed by atoms with Crippen molar-refractivity contribution in [1.29, 1.82) is 0 Å². The van der Waals surface area contributed by atoms with Crippen molar-refractivity contribution < 1.29 is 37.8 Å². The molecule has 9 heteroatoms. The minimum atomic E-state index is -2.71. The molecule has 0 saturated heterocycles. The average molecular weight is 489 g/mol. The van der Waals surface area contributed by atoms with E-state index in [1.54, 1.807) is 30.3 Å². The molecule has 8 nitrogen and oxygen atoms in total. The van der Waals surface area contributed by atoms with Crippen molar-refractivity contribution >= 4 is 19.1 Å². The van der Waals surface area contributed by atoms with Crippen LogP contribution in [-0.2, 0) is 4.57 Å². The highest BCUT2D eigenvalue weighted by Crippen LogP contribution is 2.55. The van der Waals surface area contributed by atoms with Crippen LogP contribution in [0, 0.1) is 0 Å². The molecule has 1 fully saturated rings. The van der Waals surface area contributed by atoms with Crippen LogP contribution in [-0.4, -0.2) is 52.0 Å². The molecular weight excluding hydrogens is 459 g/mol. The van der Waals surface area contributed by atoms with Crippen LogP contribution in [0.4, 0.5) is 0 Å². The summed E-state index contributed by atoms with van der Waals surface area (Å²) in [6, 6.07) is 8.03. The minimum Gasteiger partial charge on any atom is -0.496 e. The summed E-state index contributed by atoms with van der Waals surface area (Å²) in [7, 11) is 4.50. The van der Waals surface area contributed by atoms with Gasteiger partial charge in [0.1, 0.15) is 45.0 Å². The number of benzene rings is 2. The van der Waals surface area contributed by atoms with E-state index in [0.717, 1.165) is 6.42 Å². The van der Waals surface area contributed by atoms with Crippen molar-refractivity contribution in [1.82, 2.24) is 0 Å². The van der Waals surface area contributed by atoms with Gasteiger partial charge in [0.15, 0.2) is 13.6 Å². The minimum absolute atomic E-state index is 0.0695. The number of hydrogen-bond donors (Lipinski definition) is 0. The zero-order valence-corrected chi connectivity index (χ0v) is 21.0. The molecule has 0 heterocycles. The summed E-state index contributed by atoms with van der Waals surface area (Å²) in [6.07, 6.45) is 2.85. The van der Waals surface area contributed by atoms with Gasteiger partial charge in [-0.3, -0.25) is 14.2 Å². The van der Waals surface area contributed by atoms with Gasteiger partial charge in [0.05, 0.1) is 35.5 Å². The molecule has 1 atom stereocenters. The maximum Gasteiger partial charge on any atom is 0.250 e. The molecule has 0 aromatic heterocycles. The Morgan fingerprint density at radius 3 is 1.68 bits per heavy atom. The molecule has 34 heavy (non-hydrogen) atoms. The molecule has 0 spiro atoms. The van der Waals surface area contributed by atoms with E-state index < -0.39 is 24.3 Å². The van der Waals surface area contributed by atoms with E-state index in [1.165, 1.54) is 35.5 Å². The predicted molar refractivity (Wildman–Crippen MR) is 128 cm³/mol. The summed E-state index contributed by atoms with van der Waals surface area (Å²) in [4.78, 5) is 27.8. The van der Waals surface area contributed by atoms with E-state index in [0.29, 0.717) is 31.4 Å². The Morgan fingerprint density at radius 2 is 1.24 bits per heavy atom. The molecule has 0 amide bonds. The second kappa shape index (κ2) is 10.9. The first-order chi connectivity index (χ1) is 16.4. The monoisotopic (exact) mass is 489 g/mol. The lowest BCUT2D eigenvalue weighted by Gasteiger charge is -2.34. The molecular formula is C25H30O8P. The first-order valence-corrected chi connectivity index (χ1v) is 12.2. The molecule has 1 aliphatic rings. The SMILES string of the molecule is COc1cc(OC)c(C(=O)C2([P](=O)C(=O)c3c(OC)cccc3OC)CCCCC2)c(OC)c1. The number of ketones is 1. The molecule has 1 unspecified atom stereocenters. The zero-order valence-electron chi connectivity index (χ0n) is 20.1. The molecule has 3 rings (SSSR count). The fraction of sp³-hybridized carbons (Fsp3) is 0.440. The van der Waals surface area contributed by atoms with Crippen LogP contribution in [0.15, 0.2) is 30.3 Å². The number of carbonyl (C=O) groups is 2. The van der Waals surface area contributed by atoms with Crippen LogP contribution in [0.2, 0.25) is 0 Å². The highest BCUT2D eigenvalue weighted by molar-refractivity contribution is 7.67. The van der Waals surface area contributed by atoms with Crippen molar-refractivity contribution in [2.45, 2.75) is 37.3 Å². The number of methoxy groups -OCH3 is 5. The smallest absolute Gasteiger partial charge is 0.250 e. The second-order valence-corrected chi connectivity index (χ2v) is 9.82. The fourth-order valence-corrected chi connectivity index (χ4v) is 6.31. The van der Waals surface area contributed by atoms with Gasteiger partial charge in [-0.25, -0.2) is 0 Å². The van der Waals surface area contributed by atoms with Gasteiger partial charge in [-0.15, -0.1) is 0 Å². The summed E-state index contributed by atoms with van der Waals surface area (Å²) >= 11 is 0. The van der Waals surface area contributed by atoms with Gasteiger partial charge in [0.2, 0.25) is 5.52 Å². The predicted octanol–water partition coefficient (Wildman–Crippen LogP) is 5.28. The van der Waals surface area contributed by atoms with Gasteiger partial charge in [0.25, 0.3) is 0 Å². The Balaban J connectivity index is 2.17. The zero-order chi connectivity index (χ0) is 24.9. The molecule has 2 aromatic carbocycles. The fourth-order valence-electron chi connectivity index (χ4n) is 4.48. The Hall–Kier alpha value is -3.12. The first-order valence-electron chi connectivity index (χ1n) is 11.0. The molecule has 1 saturated carbocycles. The van der Waals surface area contributed by atoms with Gasteiger partial charge in [0, 0.05) is 12.1 Å². The molecule has 1 aliphatic carbocycles. The standard InChI is InChI=1S/C25H30O8P/c1-29-16-14-19(32-4)21(20(15-16)33-5)23(26)25(12-7-6-8-13-25)34(28)24(27)22-17(30-2)10-9-11-18(22)31-3/h9-11,14-15H,6-8,12-13H2,1-5H3. The largest absolute Gasteiger partial charge is 0.496 e. The highest BCUT2D eigenvalue weighted by atomic mass is 31.1.